The highest BCUT2D eigenvalue weighted by Crippen LogP contribution is 2.32. The van der Waals surface area contributed by atoms with Crippen LogP contribution >= 0.6 is 0 Å². The van der Waals surface area contributed by atoms with Gasteiger partial charge in [-0.25, -0.2) is 0 Å². The van der Waals surface area contributed by atoms with Gasteiger partial charge in [0.05, 0.1) is 44.7 Å². The van der Waals surface area contributed by atoms with Gasteiger partial charge in [-0.05, 0) is 84.9 Å². The average Bonchev–Trinajstić information content (AvgIpc) is 3.97. The van der Waals surface area contributed by atoms with Gasteiger partial charge in [-0.15, -0.1) is 0 Å². The number of benzene rings is 4. The fourth-order valence-electron chi connectivity index (χ4n) is 7.60. The maximum absolute atomic E-state index is 9.86. The van der Waals surface area contributed by atoms with E-state index in [-0.39, 0.29) is 24.4 Å². The van der Waals surface area contributed by atoms with Crippen molar-refractivity contribution in [2.45, 2.75) is 98.1 Å². The van der Waals surface area contributed by atoms with E-state index < -0.39 is 28.5 Å². The Bertz CT molecular complexity index is 1880. The molecule has 4 aliphatic rings. The number of hydrogen-bond donors (Lipinski definition) is 4. The lowest BCUT2D eigenvalue weighted by molar-refractivity contribution is 0.186. The van der Waals surface area contributed by atoms with Gasteiger partial charge >= 0.3 is 28.5 Å². The number of hydrogen-bond acceptors (Lipinski definition) is 11. The summed E-state index contributed by atoms with van der Waals surface area (Å²) in [6.45, 7) is 13.4. The first-order chi connectivity index (χ1) is 27.6. The molecule has 0 bridgehead atoms. The number of ether oxygens (including phenoxy) is 3. The zero-order valence-corrected chi connectivity index (χ0v) is 34.2. The molecule has 0 aromatic heterocycles. The predicted octanol–water partition coefficient (Wildman–Crippen LogP) is 4.62. The van der Waals surface area contributed by atoms with Gasteiger partial charge < -0.3 is 52.9 Å². The Hall–Kier alpha value is -3.78. The highest BCUT2D eigenvalue weighted by Gasteiger charge is 2.39. The standard InChI is InChI=1S/C12H17BO3.C11H15BO3.C10H13BO3.C9H11BO2/c1-3-8-15-11-7-5-6-9-10(4-2)16-13(14)12(9)11;1-3-9-8-6-5-7-10(14-4-2)11(8)12(13)15-9;1-3-8-7-5-4-6-9(13-2)10(7)11(12)14-8;1-2-9-7-5-3-4-6-8(7)10(11)12-9/h5-7,10,14H,3-4,8H2,1-2H3;5-7,9,13H,3-4H2,1-2H3;4-6,8,12H,3H2,1-2H3;3-6,9,11H,2H2,1H3. The van der Waals surface area contributed by atoms with Crippen LogP contribution in [-0.2, 0) is 18.6 Å². The Balaban J connectivity index is 0.000000146. The van der Waals surface area contributed by atoms with Crippen molar-refractivity contribution in [2.24, 2.45) is 0 Å². The summed E-state index contributed by atoms with van der Waals surface area (Å²) < 4.78 is 37.9. The molecule has 4 N–H and O–H groups in total. The lowest BCUT2D eigenvalue weighted by Crippen LogP contribution is -2.30. The first-order valence-electron chi connectivity index (χ1n) is 20.3. The molecule has 0 radical (unpaired) electrons. The van der Waals surface area contributed by atoms with Crippen LogP contribution in [0.4, 0.5) is 0 Å². The van der Waals surface area contributed by atoms with Gasteiger partial charge in [-0.2, -0.15) is 0 Å². The van der Waals surface area contributed by atoms with Gasteiger partial charge in [-0.3, -0.25) is 0 Å². The maximum Gasteiger partial charge on any atom is 0.495 e. The summed E-state index contributed by atoms with van der Waals surface area (Å²) in [4.78, 5) is 0. The quantitative estimate of drug-likeness (QED) is 0.168. The van der Waals surface area contributed by atoms with E-state index in [0.29, 0.717) is 19.0 Å². The van der Waals surface area contributed by atoms with Crippen LogP contribution < -0.4 is 36.1 Å². The molecule has 15 heteroatoms. The molecule has 4 heterocycles. The Kier molecular flexibility index (Phi) is 16.6. The highest BCUT2D eigenvalue weighted by molar-refractivity contribution is 6.64. The van der Waals surface area contributed by atoms with E-state index in [1.807, 2.05) is 107 Å². The number of fused-ring (bicyclic) bond motifs is 4. The number of methoxy groups -OCH3 is 1. The molecule has 0 saturated heterocycles. The molecule has 4 aromatic rings. The van der Waals surface area contributed by atoms with Crippen LogP contribution in [0.5, 0.6) is 17.2 Å². The molecule has 0 saturated carbocycles. The highest BCUT2D eigenvalue weighted by atomic mass is 16.5. The molecule has 8 rings (SSSR count). The molecule has 11 nitrogen and oxygen atoms in total. The molecule has 4 atom stereocenters. The molecule has 0 fully saturated rings. The first kappa shape index (κ1) is 44.3. The molecule has 4 aromatic carbocycles. The zero-order valence-electron chi connectivity index (χ0n) is 34.2. The van der Waals surface area contributed by atoms with E-state index in [4.69, 9.17) is 32.8 Å². The van der Waals surface area contributed by atoms with Gasteiger partial charge in [0.15, 0.2) is 0 Å². The summed E-state index contributed by atoms with van der Waals surface area (Å²) in [6.07, 6.45) is 4.52. The van der Waals surface area contributed by atoms with Crippen LogP contribution in [0.25, 0.3) is 0 Å². The Labute approximate surface area is 339 Å². The van der Waals surface area contributed by atoms with Crippen LogP contribution in [0.2, 0.25) is 0 Å². The topological polar surface area (TPSA) is 146 Å². The van der Waals surface area contributed by atoms with Gasteiger partial charge in [0, 0.05) is 16.4 Å². The SMILES string of the molecule is CCC1OB(O)c2c(OC)cccc21.CCC1OB(O)c2ccccc21.CCCOc1cccc2c1B(O)OC2CC.CCOc1cccc2c1B(O)OC2CC. The summed E-state index contributed by atoms with van der Waals surface area (Å²) in [5.41, 5.74) is 7.59. The third-order valence-electron chi connectivity index (χ3n) is 10.3. The van der Waals surface area contributed by atoms with Crippen molar-refractivity contribution in [1.82, 2.24) is 0 Å². The van der Waals surface area contributed by atoms with Crippen molar-refractivity contribution in [3.8, 4) is 17.2 Å². The van der Waals surface area contributed by atoms with Crippen molar-refractivity contribution in [2.75, 3.05) is 20.3 Å². The third-order valence-corrected chi connectivity index (χ3v) is 10.3. The zero-order chi connectivity index (χ0) is 41.1. The van der Waals surface area contributed by atoms with E-state index in [9.17, 15) is 20.1 Å². The smallest absolute Gasteiger partial charge is 0.495 e. The normalized spacial score (nSPS) is 19.6. The van der Waals surface area contributed by atoms with Crippen molar-refractivity contribution < 1.29 is 52.9 Å². The van der Waals surface area contributed by atoms with E-state index in [0.717, 1.165) is 87.7 Å². The molecule has 4 unspecified atom stereocenters. The van der Waals surface area contributed by atoms with Crippen LogP contribution in [0.15, 0.2) is 78.9 Å². The van der Waals surface area contributed by atoms with Crippen molar-refractivity contribution >= 4 is 50.3 Å². The molecule has 0 amide bonds. The van der Waals surface area contributed by atoms with E-state index in [1.54, 1.807) is 7.11 Å². The van der Waals surface area contributed by atoms with Crippen LogP contribution in [0, 0.1) is 0 Å². The van der Waals surface area contributed by atoms with Crippen molar-refractivity contribution in [3.05, 3.63) is 101 Å². The molecule has 0 spiro atoms. The summed E-state index contributed by atoms with van der Waals surface area (Å²) in [5.74, 6) is 2.19. The van der Waals surface area contributed by atoms with Crippen molar-refractivity contribution in [3.63, 3.8) is 0 Å². The predicted molar refractivity (Wildman–Crippen MR) is 226 cm³/mol. The van der Waals surface area contributed by atoms with Crippen LogP contribution in [-0.4, -0.2) is 68.9 Å². The van der Waals surface area contributed by atoms with Gasteiger partial charge in [0.1, 0.15) is 17.2 Å². The van der Waals surface area contributed by atoms with Gasteiger partial charge in [0.2, 0.25) is 0 Å². The second-order valence-corrected chi connectivity index (χ2v) is 13.9. The van der Waals surface area contributed by atoms with E-state index in [1.165, 1.54) is 0 Å². The summed E-state index contributed by atoms with van der Waals surface area (Å²) >= 11 is 0. The Morgan fingerprint density at radius 2 is 0.860 bits per heavy atom. The minimum atomic E-state index is -0.842. The van der Waals surface area contributed by atoms with Crippen molar-refractivity contribution in [1.29, 1.82) is 0 Å². The van der Waals surface area contributed by atoms with Crippen LogP contribution in [0.3, 0.4) is 0 Å². The van der Waals surface area contributed by atoms with Gasteiger partial charge in [-0.1, -0.05) is 95.3 Å². The Morgan fingerprint density at radius 1 is 0.474 bits per heavy atom. The number of rotatable bonds is 10. The lowest BCUT2D eigenvalue weighted by Gasteiger charge is -2.10. The minimum Gasteiger partial charge on any atom is -0.497 e. The fraction of sp³-hybridized carbons (Fsp3) is 0.429. The Morgan fingerprint density at radius 3 is 1.30 bits per heavy atom. The summed E-state index contributed by atoms with van der Waals surface area (Å²) in [6, 6.07) is 25.2. The monoisotopic (exact) mass is 780 g/mol. The van der Waals surface area contributed by atoms with E-state index >= 15 is 0 Å². The van der Waals surface area contributed by atoms with E-state index in [2.05, 4.69) is 13.8 Å². The molecule has 302 valence electrons. The summed E-state index contributed by atoms with van der Waals surface area (Å²) in [5, 5.41) is 38.8. The second kappa shape index (κ2) is 21.3. The largest absolute Gasteiger partial charge is 0.497 e. The fourth-order valence-corrected chi connectivity index (χ4v) is 7.60. The van der Waals surface area contributed by atoms with Gasteiger partial charge in [0.25, 0.3) is 0 Å². The lowest BCUT2D eigenvalue weighted by atomic mass is 9.78. The maximum atomic E-state index is 9.86. The molecular weight excluding hydrogens is 724 g/mol. The second-order valence-electron chi connectivity index (χ2n) is 13.9. The molecular formula is C42H56B4O11. The molecule has 0 aliphatic carbocycles. The molecule has 4 aliphatic heterocycles. The minimum absolute atomic E-state index is 0.00425. The molecule has 57 heavy (non-hydrogen) atoms. The average molecular weight is 780 g/mol. The first-order valence-corrected chi connectivity index (χ1v) is 20.3. The van der Waals surface area contributed by atoms with Crippen LogP contribution in [0.1, 0.15) is 120 Å². The summed E-state index contributed by atoms with van der Waals surface area (Å²) in [7, 11) is -1.64. The third kappa shape index (κ3) is 10.1.